The lowest BCUT2D eigenvalue weighted by Crippen LogP contribution is -2.30. The molecule has 0 saturated carbocycles. The molecule has 8 heteroatoms. The van der Waals surface area contributed by atoms with E-state index in [9.17, 15) is 19.1 Å². The fraction of sp³-hybridized carbons (Fsp3) is 0.125. The summed E-state index contributed by atoms with van der Waals surface area (Å²) < 4.78 is 19.2. The van der Waals surface area contributed by atoms with Gasteiger partial charge in [0, 0.05) is 16.9 Å². The maximum Gasteiger partial charge on any atom is 0.300 e. The van der Waals surface area contributed by atoms with Gasteiger partial charge in [-0.3, -0.25) is 19.5 Å². The van der Waals surface area contributed by atoms with Crippen molar-refractivity contribution in [1.29, 1.82) is 0 Å². The highest BCUT2D eigenvalue weighted by Crippen LogP contribution is 2.44. The molecule has 0 bridgehead atoms. The van der Waals surface area contributed by atoms with Gasteiger partial charge < -0.3 is 9.84 Å². The Morgan fingerprint density at radius 3 is 2.62 bits per heavy atom. The maximum absolute atomic E-state index is 14.0. The minimum Gasteiger partial charge on any atom is -0.507 e. The van der Waals surface area contributed by atoms with Gasteiger partial charge in [0.25, 0.3) is 11.7 Å². The number of carbonyl (C=O) groups excluding carboxylic acids is 2. The fourth-order valence-electron chi connectivity index (χ4n) is 3.77. The zero-order valence-corrected chi connectivity index (χ0v) is 17.9. The van der Waals surface area contributed by atoms with Crippen LogP contribution in [0.4, 0.5) is 10.1 Å². The van der Waals surface area contributed by atoms with E-state index < -0.39 is 29.3 Å². The molecule has 0 radical (unpaired) electrons. The van der Waals surface area contributed by atoms with Gasteiger partial charge >= 0.3 is 0 Å². The van der Waals surface area contributed by atoms with Gasteiger partial charge in [-0.25, -0.2) is 4.39 Å². The molecule has 1 aromatic heterocycles. The molecule has 6 nitrogen and oxygen atoms in total. The molecule has 162 valence electrons. The number of Topliss-reactive ketones (excluding diaryl/α,β-unsaturated/α-hetero) is 1. The molecular weight excluding hydrogens is 435 g/mol. The molecule has 1 aliphatic heterocycles. The zero-order valence-electron chi connectivity index (χ0n) is 17.2. The first-order valence-corrected chi connectivity index (χ1v) is 10.0. The number of methoxy groups -OCH3 is 1. The van der Waals surface area contributed by atoms with E-state index >= 15 is 0 Å². The van der Waals surface area contributed by atoms with E-state index in [0.29, 0.717) is 22.0 Å². The molecule has 0 aliphatic carbocycles. The van der Waals surface area contributed by atoms with Crippen molar-refractivity contribution in [3.63, 3.8) is 0 Å². The summed E-state index contributed by atoms with van der Waals surface area (Å²) in [7, 11) is 1.36. The first-order valence-electron chi connectivity index (χ1n) is 9.66. The minimum atomic E-state index is -1.05. The Morgan fingerprint density at radius 1 is 1.16 bits per heavy atom. The normalized spacial score (nSPS) is 17.6. The maximum atomic E-state index is 14.0. The van der Waals surface area contributed by atoms with Crippen molar-refractivity contribution >= 4 is 34.7 Å². The van der Waals surface area contributed by atoms with Gasteiger partial charge in [0.15, 0.2) is 0 Å². The van der Waals surface area contributed by atoms with Crippen LogP contribution in [-0.2, 0) is 9.59 Å². The van der Waals surface area contributed by atoms with Crippen LogP contribution in [0.3, 0.4) is 0 Å². The Morgan fingerprint density at radius 2 is 1.94 bits per heavy atom. The summed E-state index contributed by atoms with van der Waals surface area (Å²) in [5.74, 6) is -2.83. The number of pyridine rings is 1. The van der Waals surface area contributed by atoms with Crippen LogP contribution >= 0.6 is 11.6 Å². The summed E-state index contributed by atoms with van der Waals surface area (Å²) in [5, 5.41) is 11.6. The molecule has 1 unspecified atom stereocenters. The number of hydrogen-bond acceptors (Lipinski definition) is 5. The Kier molecular flexibility index (Phi) is 5.67. The molecule has 4 rings (SSSR count). The largest absolute Gasteiger partial charge is 0.507 e. The number of ether oxygens (including phenoxy) is 1. The Hall–Kier alpha value is -3.71. The molecular formula is C24H18ClFN2O4. The topological polar surface area (TPSA) is 79.7 Å². The highest BCUT2D eigenvalue weighted by atomic mass is 35.5. The number of rotatable bonds is 4. The number of aromatic nitrogens is 1. The molecule has 1 amide bonds. The molecule has 1 N–H and O–H groups in total. The van der Waals surface area contributed by atoms with Crippen molar-refractivity contribution in [3.8, 4) is 5.75 Å². The number of aliphatic hydroxyl groups excluding tert-OH is 1. The summed E-state index contributed by atoms with van der Waals surface area (Å²) in [4.78, 5) is 31.9. The second-order valence-corrected chi connectivity index (χ2v) is 7.56. The van der Waals surface area contributed by atoms with Crippen LogP contribution in [0.5, 0.6) is 5.75 Å². The number of halogens is 2. The lowest BCUT2D eigenvalue weighted by Gasteiger charge is -2.26. The molecule has 1 fully saturated rings. The van der Waals surface area contributed by atoms with E-state index in [2.05, 4.69) is 4.98 Å². The van der Waals surface area contributed by atoms with Crippen LogP contribution in [0.2, 0.25) is 5.02 Å². The third kappa shape index (κ3) is 3.50. The third-order valence-electron chi connectivity index (χ3n) is 5.33. The molecule has 2 aromatic carbocycles. The number of hydrogen-bond donors (Lipinski definition) is 1. The van der Waals surface area contributed by atoms with Gasteiger partial charge in [-0.1, -0.05) is 23.7 Å². The molecule has 2 heterocycles. The monoisotopic (exact) mass is 452 g/mol. The predicted molar refractivity (Wildman–Crippen MR) is 118 cm³/mol. The van der Waals surface area contributed by atoms with Crippen LogP contribution < -0.4 is 9.64 Å². The summed E-state index contributed by atoms with van der Waals surface area (Å²) >= 11 is 6.26. The highest BCUT2D eigenvalue weighted by molar-refractivity contribution is 6.52. The van der Waals surface area contributed by atoms with Crippen LogP contribution in [0.15, 0.2) is 66.4 Å². The van der Waals surface area contributed by atoms with E-state index in [1.165, 1.54) is 30.3 Å². The lowest BCUT2D eigenvalue weighted by molar-refractivity contribution is -0.132. The Labute approximate surface area is 188 Å². The summed E-state index contributed by atoms with van der Waals surface area (Å²) in [6, 6.07) is 12.5. The lowest BCUT2D eigenvalue weighted by atomic mass is 9.97. The van der Waals surface area contributed by atoms with Crippen LogP contribution in [0.1, 0.15) is 22.9 Å². The molecule has 0 spiro atoms. The number of ketones is 1. The van der Waals surface area contributed by atoms with Crippen molar-refractivity contribution < 1.29 is 23.8 Å². The first kappa shape index (κ1) is 21.5. The molecule has 3 aromatic rings. The van der Waals surface area contributed by atoms with Crippen LogP contribution in [-0.4, -0.2) is 28.9 Å². The van der Waals surface area contributed by atoms with E-state index in [0.717, 1.165) is 6.07 Å². The molecule has 1 aliphatic rings. The zero-order chi connectivity index (χ0) is 23.0. The summed E-state index contributed by atoms with van der Waals surface area (Å²) in [5.41, 5.74) is 1.06. The van der Waals surface area contributed by atoms with E-state index in [-0.39, 0.29) is 16.9 Å². The van der Waals surface area contributed by atoms with Crippen LogP contribution in [0, 0.1) is 12.7 Å². The smallest absolute Gasteiger partial charge is 0.300 e. The van der Waals surface area contributed by atoms with Crippen LogP contribution in [0.25, 0.3) is 5.76 Å². The molecule has 1 atom stereocenters. The van der Waals surface area contributed by atoms with Crippen molar-refractivity contribution in [2.75, 3.05) is 12.0 Å². The average Bonchev–Trinajstić information content (AvgIpc) is 3.06. The second kappa shape index (κ2) is 8.43. The minimum absolute atomic E-state index is 0.0470. The number of anilines is 1. The Bertz CT molecular complexity index is 1260. The molecule has 32 heavy (non-hydrogen) atoms. The van der Waals surface area contributed by atoms with Crippen molar-refractivity contribution in [2.45, 2.75) is 13.0 Å². The highest BCUT2D eigenvalue weighted by Gasteiger charge is 2.48. The SMILES string of the molecule is COc1ccc(F)cc1/C(O)=C1\C(=O)C(=O)N(c2cccc(Cl)c2C)C1c1ccccn1. The van der Waals surface area contributed by atoms with Gasteiger partial charge in [-0.15, -0.1) is 0 Å². The van der Waals surface area contributed by atoms with Gasteiger partial charge in [0.1, 0.15) is 23.4 Å². The number of nitrogens with zero attached hydrogens (tertiary/aromatic N) is 2. The van der Waals surface area contributed by atoms with Gasteiger partial charge in [-0.2, -0.15) is 0 Å². The Balaban J connectivity index is 2.01. The predicted octanol–water partition coefficient (Wildman–Crippen LogP) is 4.82. The second-order valence-electron chi connectivity index (χ2n) is 7.15. The van der Waals surface area contributed by atoms with Crippen molar-refractivity contribution in [2.24, 2.45) is 0 Å². The van der Waals surface area contributed by atoms with Gasteiger partial charge in [0.05, 0.1) is 23.9 Å². The summed E-state index contributed by atoms with van der Waals surface area (Å²) in [6.07, 6.45) is 1.52. The number of benzene rings is 2. The quantitative estimate of drug-likeness (QED) is 0.349. The van der Waals surface area contributed by atoms with Crippen molar-refractivity contribution in [3.05, 3.63) is 94.0 Å². The fourth-order valence-corrected chi connectivity index (χ4v) is 3.94. The average molecular weight is 453 g/mol. The number of amides is 1. The van der Waals surface area contributed by atoms with E-state index in [4.69, 9.17) is 16.3 Å². The van der Waals surface area contributed by atoms with E-state index in [1.54, 1.807) is 43.3 Å². The standard InChI is InChI=1S/C24H18ClFN2O4/c1-13-16(25)6-5-8-18(13)28-21(17-7-3-4-11-27-17)20(23(30)24(28)31)22(29)15-12-14(26)9-10-19(15)32-2/h3-12,21,29H,1-2H3/b22-20+. The van der Waals surface area contributed by atoms with Gasteiger partial charge in [-0.05, 0) is 55.0 Å². The third-order valence-corrected chi connectivity index (χ3v) is 5.74. The van der Waals surface area contributed by atoms with Crippen molar-refractivity contribution in [1.82, 2.24) is 4.98 Å². The van der Waals surface area contributed by atoms with E-state index in [1.807, 2.05) is 0 Å². The van der Waals surface area contributed by atoms with Gasteiger partial charge in [0.2, 0.25) is 0 Å². The number of aliphatic hydroxyl groups is 1. The molecule has 1 saturated heterocycles. The number of carbonyl (C=O) groups is 2. The first-order chi connectivity index (χ1) is 15.3. The summed E-state index contributed by atoms with van der Waals surface area (Å²) in [6.45, 7) is 1.72.